The van der Waals surface area contributed by atoms with E-state index in [0.717, 1.165) is 28.2 Å². The van der Waals surface area contributed by atoms with E-state index in [1.807, 2.05) is 38.5 Å². The van der Waals surface area contributed by atoms with Gasteiger partial charge in [-0.2, -0.15) is 0 Å². The molecule has 0 aliphatic heterocycles. The molecule has 5 heteroatoms. The van der Waals surface area contributed by atoms with Gasteiger partial charge in [-0.05, 0) is 57.3 Å². The Kier molecular flexibility index (Phi) is 6.04. The van der Waals surface area contributed by atoms with Crippen molar-refractivity contribution in [3.8, 4) is 21.7 Å². The summed E-state index contributed by atoms with van der Waals surface area (Å²) in [5, 5.41) is 5.96. The summed E-state index contributed by atoms with van der Waals surface area (Å²) in [5.41, 5.74) is 4.95. The smallest absolute Gasteiger partial charge is 0.251 e. The van der Waals surface area contributed by atoms with E-state index < -0.39 is 0 Å². The summed E-state index contributed by atoms with van der Waals surface area (Å²) in [4.78, 5) is 19.3. The summed E-state index contributed by atoms with van der Waals surface area (Å²) in [5.74, 6) is -0.0592. The lowest BCUT2D eigenvalue weighted by Crippen LogP contribution is -2.39. The monoisotopic (exact) mass is 379 g/mol. The fourth-order valence-corrected chi connectivity index (χ4v) is 3.69. The van der Waals surface area contributed by atoms with Gasteiger partial charge in [0, 0.05) is 35.3 Å². The second-order valence-corrected chi connectivity index (χ2v) is 8.03. The van der Waals surface area contributed by atoms with Gasteiger partial charge in [-0.25, -0.2) is 4.98 Å². The Bertz CT molecular complexity index is 902. The van der Waals surface area contributed by atoms with Crippen LogP contribution in [0.2, 0.25) is 0 Å². The highest BCUT2D eigenvalue weighted by molar-refractivity contribution is 7.13. The van der Waals surface area contributed by atoms with Crippen LogP contribution in [0.5, 0.6) is 0 Å². The minimum atomic E-state index is -0.0592. The lowest BCUT2D eigenvalue weighted by molar-refractivity contribution is 0.0934. The quantitative estimate of drug-likeness (QED) is 0.687. The molecule has 3 rings (SSSR count). The number of nitrogens with zero attached hydrogens (tertiary/aromatic N) is 2. The molecule has 2 aromatic carbocycles. The summed E-state index contributed by atoms with van der Waals surface area (Å²) in [6, 6.07) is 14.4. The van der Waals surface area contributed by atoms with Crippen molar-refractivity contribution in [2.24, 2.45) is 0 Å². The highest BCUT2D eigenvalue weighted by Crippen LogP contribution is 2.29. The molecule has 0 saturated heterocycles. The normalized spacial score (nSPS) is 12.2. The number of hydrogen-bond acceptors (Lipinski definition) is 4. The summed E-state index contributed by atoms with van der Waals surface area (Å²) >= 11 is 1.58. The third-order valence-corrected chi connectivity index (χ3v) is 5.10. The maximum Gasteiger partial charge on any atom is 0.251 e. The van der Waals surface area contributed by atoms with E-state index in [1.165, 1.54) is 5.56 Å². The van der Waals surface area contributed by atoms with Crippen LogP contribution in [0.3, 0.4) is 0 Å². The van der Waals surface area contributed by atoms with Gasteiger partial charge in [-0.1, -0.05) is 29.8 Å². The van der Waals surface area contributed by atoms with Crippen molar-refractivity contribution in [2.75, 3.05) is 20.6 Å². The number of thiazole rings is 1. The SMILES string of the molecule is Cc1ccc(-c2cc(C(=O)NC(C)CN(C)C)cc(-c3nccs3)c2)cc1. The summed E-state index contributed by atoms with van der Waals surface area (Å²) in [6.07, 6.45) is 1.79. The van der Waals surface area contributed by atoms with E-state index in [1.54, 1.807) is 17.5 Å². The van der Waals surface area contributed by atoms with Crippen molar-refractivity contribution < 1.29 is 4.79 Å². The number of aryl methyl sites for hydroxylation is 1. The maximum atomic E-state index is 12.8. The highest BCUT2D eigenvalue weighted by Gasteiger charge is 2.14. The van der Waals surface area contributed by atoms with Crippen LogP contribution < -0.4 is 5.32 Å². The van der Waals surface area contributed by atoms with Gasteiger partial charge >= 0.3 is 0 Å². The lowest BCUT2D eigenvalue weighted by atomic mass is 9.98. The first-order valence-electron chi connectivity index (χ1n) is 9.00. The van der Waals surface area contributed by atoms with Crippen LogP contribution in [0.15, 0.2) is 54.0 Å². The van der Waals surface area contributed by atoms with Crippen LogP contribution in [-0.2, 0) is 0 Å². The molecule has 4 nitrogen and oxygen atoms in total. The zero-order valence-corrected chi connectivity index (χ0v) is 17.0. The minimum absolute atomic E-state index is 0.0592. The van der Waals surface area contributed by atoms with Gasteiger partial charge in [0.15, 0.2) is 0 Å². The van der Waals surface area contributed by atoms with Crippen molar-refractivity contribution in [3.63, 3.8) is 0 Å². The Labute approximate surface area is 164 Å². The zero-order chi connectivity index (χ0) is 19.4. The number of hydrogen-bond donors (Lipinski definition) is 1. The Hall–Kier alpha value is -2.50. The number of nitrogens with one attached hydrogen (secondary N) is 1. The number of benzene rings is 2. The van der Waals surface area contributed by atoms with E-state index in [-0.39, 0.29) is 11.9 Å². The van der Waals surface area contributed by atoms with E-state index in [2.05, 4.69) is 52.5 Å². The molecule has 0 aliphatic carbocycles. The largest absolute Gasteiger partial charge is 0.348 e. The van der Waals surface area contributed by atoms with Crippen molar-refractivity contribution in [3.05, 3.63) is 65.2 Å². The Morgan fingerprint density at radius 1 is 1.11 bits per heavy atom. The van der Waals surface area contributed by atoms with Crippen LogP contribution in [0.1, 0.15) is 22.8 Å². The molecular formula is C22H25N3OS. The van der Waals surface area contributed by atoms with Gasteiger partial charge in [0.1, 0.15) is 5.01 Å². The van der Waals surface area contributed by atoms with Crippen molar-refractivity contribution in [1.82, 2.24) is 15.2 Å². The standard InChI is InChI=1S/C22H25N3OS/c1-15-5-7-17(8-6-15)18-11-19(21(26)24-16(2)14-25(3)4)13-20(12-18)22-23-9-10-27-22/h5-13,16H,14H2,1-4H3,(H,24,26). The highest BCUT2D eigenvalue weighted by atomic mass is 32.1. The molecule has 140 valence electrons. The number of carbonyl (C=O) groups excluding carboxylic acids is 1. The minimum Gasteiger partial charge on any atom is -0.348 e. The molecule has 0 aliphatic rings. The Balaban J connectivity index is 1.97. The molecule has 1 N–H and O–H groups in total. The van der Waals surface area contributed by atoms with Crippen molar-refractivity contribution in [1.29, 1.82) is 0 Å². The van der Waals surface area contributed by atoms with Gasteiger partial charge in [-0.3, -0.25) is 4.79 Å². The number of amides is 1. The average Bonchev–Trinajstić information content (AvgIpc) is 3.16. The fraction of sp³-hybridized carbons (Fsp3) is 0.273. The van der Waals surface area contributed by atoms with Gasteiger partial charge in [0.05, 0.1) is 0 Å². The predicted octanol–water partition coefficient (Wildman–Crippen LogP) is 4.47. The van der Waals surface area contributed by atoms with Crippen LogP contribution in [0.25, 0.3) is 21.7 Å². The van der Waals surface area contributed by atoms with Crippen LogP contribution in [0.4, 0.5) is 0 Å². The van der Waals surface area contributed by atoms with Gasteiger partial charge in [-0.15, -0.1) is 11.3 Å². The van der Waals surface area contributed by atoms with Gasteiger partial charge in [0.25, 0.3) is 5.91 Å². The summed E-state index contributed by atoms with van der Waals surface area (Å²) in [6.45, 7) is 4.88. The van der Waals surface area contributed by atoms with Gasteiger partial charge < -0.3 is 10.2 Å². The average molecular weight is 380 g/mol. The van der Waals surface area contributed by atoms with Crippen molar-refractivity contribution in [2.45, 2.75) is 19.9 Å². The molecule has 0 radical (unpaired) electrons. The topological polar surface area (TPSA) is 45.2 Å². The second-order valence-electron chi connectivity index (χ2n) is 7.14. The Morgan fingerprint density at radius 2 is 1.81 bits per heavy atom. The molecule has 0 spiro atoms. The first-order valence-corrected chi connectivity index (χ1v) is 9.88. The van der Waals surface area contributed by atoms with E-state index in [4.69, 9.17) is 0 Å². The predicted molar refractivity (Wildman–Crippen MR) is 113 cm³/mol. The third-order valence-electron chi connectivity index (χ3n) is 4.28. The molecule has 3 aromatic rings. The third kappa shape index (κ3) is 5.02. The fourth-order valence-electron chi connectivity index (χ4n) is 3.06. The summed E-state index contributed by atoms with van der Waals surface area (Å²) in [7, 11) is 4.00. The molecule has 1 amide bonds. The maximum absolute atomic E-state index is 12.8. The summed E-state index contributed by atoms with van der Waals surface area (Å²) < 4.78 is 0. The number of aromatic nitrogens is 1. The molecule has 0 fully saturated rings. The molecule has 1 heterocycles. The molecule has 1 atom stereocenters. The van der Waals surface area contributed by atoms with Crippen LogP contribution in [0, 0.1) is 6.92 Å². The number of carbonyl (C=O) groups is 1. The second kappa shape index (κ2) is 8.46. The lowest BCUT2D eigenvalue weighted by Gasteiger charge is -2.19. The van der Waals surface area contributed by atoms with Crippen molar-refractivity contribution >= 4 is 17.2 Å². The van der Waals surface area contributed by atoms with Crippen LogP contribution in [-0.4, -0.2) is 42.5 Å². The first-order chi connectivity index (χ1) is 12.9. The van der Waals surface area contributed by atoms with E-state index >= 15 is 0 Å². The number of rotatable bonds is 6. The van der Waals surface area contributed by atoms with E-state index in [9.17, 15) is 4.79 Å². The van der Waals surface area contributed by atoms with E-state index in [0.29, 0.717) is 5.56 Å². The first kappa shape index (κ1) is 19.3. The molecule has 1 unspecified atom stereocenters. The van der Waals surface area contributed by atoms with Crippen LogP contribution >= 0.6 is 11.3 Å². The molecule has 1 aromatic heterocycles. The molecular weight excluding hydrogens is 354 g/mol. The van der Waals surface area contributed by atoms with Gasteiger partial charge in [0.2, 0.25) is 0 Å². The number of likely N-dealkylation sites (N-methyl/N-ethyl adjacent to an activating group) is 1. The molecule has 27 heavy (non-hydrogen) atoms. The molecule has 0 bridgehead atoms. The zero-order valence-electron chi connectivity index (χ0n) is 16.2. The molecule has 0 saturated carbocycles. The Morgan fingerprint density at radius 3 is 2.44 bits per heavy atom.